The maximum Gasteiger partial charge on any atom is 0.308 e. The highest BCUT2D eigenvalue weighted by molar-refractivity contribution is 5.99. The summed E-state index contributed by atoms with van der Waals surface area (Å²) in [5.74, 6) is -1.62. The molecule has 0 bridgehead atoms. The zero-order chi connectivity index (χ0) is 19.5. The third-order valence-electron chi connectivity index (χ3n) is 5.62. The number of carbonyl (C=O) groups excluding carboxylic acids is 1. The predicted molar refractivity (Wildman–Crippen MR) is 108 cm³/mol. The molecule has 0 spiro atoms. The van der Waals surface area contributed by atoms with E-state index in [0.29, 0.717) is 0 Å². The average molecular weight is 379 g/mol. The van der Waals surface area contributed by atoms with Gasteiger partial charge in [-0.15, -0.1) is 0 Å². The van der Waals surface area contributed by atoms with E-state index in [1.54, 1.807) is 4.90 Å². The summed E-state index contributed by atoms with van der Waals surface area (Å²) in [5.41, 5.74) is 3.26. The molecule has 1 N–H and O–H groups in total. The Bertz CT molecular complexity index is 830. The molecule has 2 aromatic carbocycles. The molecule has 28 heavy (non-hydrogen) atoms. The molecule has 0 aliphatic carbocycles. The van der Waals surface area contributed by atoms with Crippen molar-refractivity contribution >= 4 is 23.3 Å². The number of amides is 1. The van der Waals surface area contributed by atoms with Crippen LogP contribution in [0.4, 0.5) is 11.4 Å². The summed E-state index contributed by atoms with van der Waals surface area (Å²) in [6.07, 6.45) is 0.0838. The fourth-order valence-corrected chi connectivity index (χ4v) is 3.97. The summed E-state index contributed by atoms with van der Waals surface area (Å²) >= 11 is 0. The highest BCUT2D eigenvalue weighted by atomic mass is 16.4. The molecule has 2 aliphatic rings. The van der Waals surface area contributed by atoms with Crippen molar-refractivity contribution in [2.75, 3.05) is 42.5 Å². The van der Waals surface area contributed by atoms with Crippen LogP contribution in [0.5, 0.6) is 0 Å². The van der Waals surface area contributed by atoms with Gasteiger partial charge in [0.1, 0.15) is 0 Å². The number of nitrogens with zero attached hydrogens (tertiary/aromatic N) is 3. The van der Waals surface area contributed by atoms with Crippen LogP contribution in [0, 0.1) is 5.92 Å². The van der Waals surface area contributed by atoms with Gasteiger partial charge in [0.2, 0.25) is 5.91 Å². The van der Waals surface area contributed by atoms with Crippen LogP contribution < -0.4 is 9.80 Å². The molecule has 2 heterocycles. The van der Waals surface area contributed by atoms with Crippen molar-refractivity contribution in [3.63, 3.8) is 0 Å². The Balaban J connectivity index is 1.34. The van der Waals surface area contributed by atoms with Gasteiger partial charge >= 0.3 is 5.97 Å². The van der Waals surface area contributed by atoms with Crippen molar-refractivity contribution in [2.24, 2.45) is 5.92 Å². The van der Waals surface area contributed by atoms with E-state index in [0.717, 1.165) is 44.1 Å². The number of carboxylic acids is 1. The minimum atomic E-state index is -0.902. The van der Waals surface area contributed by atoms with Gasteiger partial charge in [0.25, 0.3) is 0 Å². The summed E-state index contributed by atoms with van der Waals surface area (Å²) < 4.78 is 0. The van der Waals surface area contributed by atoms with Crippen LogP contribution in [0.1, 0.15) is 12.0 Å². The average Bonchev–Trinajstić information content (AvgIpc) is 3.12. The quantitative estimate of drug-likeness (QED) is 0.865. The monoisotopic (exact) mass is 379 g/mol. The van der Waals surface area contributed by atoms with Crippen molar-refractivity contribution < 1.29 is 14.7 Å². The van der Waals surface area contributed by atoms with Crippen molar-refractivity contribution in [2.45, 2.75) is 13.0 Å². The molecular weight excluding hydrogens is 354 g/mol. The first-order valence-electron chi connectivity index (χ1n) is 9.74. The second kappa shape index (κ2) is 8.02. The highest BCUT2D eigenvalue weighted by Crippen LogP contribution is 2.27. The number of carbonyl (C=O) groups is 2. The Labute approximate surface area is 165 Å². The maximum absolute atomic E-state index is 12.1. The lowest BCUT2D eigenvalue weighted by Crippen LogP contribution is -2.45. The van der Waals surface area contributed by atoms with Crippen molar-refractivity contribution in [1.29, 1.82) is 0 Å². The van der Waals surface area contributed by atoms with E-state index in [-0.39, 0.29) is 18.9 Å². The normalized spacial score (nSPS) is 20.6. The number of piperazine rings is 1. The largest absolute Gasteiger partial charge is 0.481 e. The van der Waals surface area contributed by atoms with Crippen LogP contribution in [0.2, 0.25) is 0 Å². The maximum atomic E-state index is 12.1. The fraction of sp³-hybridized carbons (Fsp3) is 0.364. The van der Waals surface area contributed by atoms with Gasteiger partial charge in [-0.05, 0) is 29.8 Å². The molecule has 1 amide bonds. The molecule has 2 aromatic rings. The third-order valence-corrected chi connectivity index (χ3v) is 5.62. The second-order valence-corrected chi connectivity index (χ2v) is 7.51. The molecule has 6 heteroatoms. The summed E-state index contributed by atoms with van der Waals surface area (Å²) in [4.78, 5) is 29.7. The van der Waals surface area contributed by atoms with Crippen LogP contribution >= 0.6 is 0 Å². The minimum absolute atomic E-state index is 0.0838. The Morgan fingerprint density at radius 1 is 0.929 bits per heavy atom. The summed E-state index contributed by atoms with van der Waals surface area (Å²) in [5, 5.41) is 9.13. The van der Waals surface area contributed by atoms with Crippen molar-refractivity contribution in [1.82, 2.24) is 4.90 Å². The number of carboxylic acid groups (broad SMARTS) is 1. The van der Waals surface area contributed by atoms with Crippen LogP contribution in [0.15, 0.2) is 54.6 Å². The van der Waals surface area contributed by atoms with E-state index in [2.05, 4.69) is 34.1 Å². The first-order valence-corrected chi connectivity index (χ1v) is 9.74. The number of anilines is 2. The zero-order valence-corrected chi connectivity index (χ0v) is 15.8. The summed E-state index contributed by atoms with van der Waals surface area (Å²) in [6, 6.07) is 18.4. The summed E-state index contributed by atoms with van der Waals surface area (Å²) in [7, 11) is 0. The highest BCUT2D eigenvalue weighted by Gasteiger charge is 2.35. The number of rotatable bonds is 5. The van der Waals surface area contributed by atoms with Gasteiger partial charge in [-0.3, -0.25) is 14.5 Å². The number of aliphatic carboxylic acids is 1. The van der Waals surface area contributed by atoms with E-state index >= 15 is 0 Å². The Kier molecular flexibility index (Phi) is 5.30. The summed E-state index contributed by atoms with van der Waals surface area (Å²) in [6.45, 7) is 5.20. The van der Waals surface area contributed by atoms with Crippen LogP contribution in [-0.4, -0.2) is 54.6 Å². The predicted octanol–water partition coefficient (Wildman–Crippen LogP) is 2.45. The van der Waals surface area contributed by atoms with Gasteiger partial charge < -0.3 is 14.9 Å². The molecular formula is C22H25N3O3. The third kappa shape index (κ3) is 4.02. The minimum Gasteiger partial charge on any atom is -0.481 e. The lowest BCUT2D eigenvalue weighted by atomic mass is 10.1. The standard InChI is InChI=1S/C22H25N3O3/c26-21-14-18(22(27)28)16-25(21)20-8-6-19(7-9-20)24-12-10-23(11-13-24)15-17-4-2-1-3-5-17/h1-9,18H,10-16H2,(H,27,28). The van der Waals surface area contributed by atoms with E-state index in [1.807, 2.05) is 30.3 Å². The van der Waals surface area contributed by atoms with Crippen molar-refractivity contribution in [3.05, 3.63) is 60.2 Å². The molecule has 2 aliphatic heterocycles. The lowest BCUT2D eigenvalue weighted by molar-refractivity contribution is -0.141. The van der Waals surface area contributed by atoms with E-state index in [4.69, 9.17) is 5.11 Å². The molecule has 0 saturated carbocycles. The Hall–Kier alpha value is -2.86. The Morgan fingerprint density at radius 3 is 2.18 bits per heavy atom. The van der Waals surface area contributed by atoms with E-state index in [9.17, 15) is 9.59 Å². The number of hydrogen-bond donors (Lipinski definition) is 1. The molecule has 2 saturated heterocycles. The van der Waals surface area contributed by atoms with Gasteiger partial charge in [-0.25, -0.2) is 0 Å². The van der Waals surface area contributed by atoms with Crippen LogP contribution in [0.25, 0.3) is 0 Å². The first kappa shape index (κ1) is 18.5. The molecule has 4 rings (SSSR count). The van der Waals surface area contributed by atoms with E-state index in [1.165, 1.54) is 5.56 Å². The van der Waals surface area contributed by atoms with Crippen LogP contribution in [0.3, 0.4) is 0 Å². The van der Waals surface area contributed by atoms with Crippen LogP contribution in [-0.2, 0) is 16.1 Å². The van der Waals surface area contributed by atoms with Gasteiger partial charge in [-0.2, -0.15) is 0 Å². The number of benzene rings is 2. The van der Waals surface area contributed by atoms with E-state index < -0.39 is 11.9 Å². The molecule has 0 aromatic heterocycles. The van der Waals surface area contributed by atoms with Gasteiger partial charge in [0.15, 0.2) is 0 Å². The zero-order valence-electron chi connectivity index (χ0n) is 15.8. The smallest absolute Gasteiger partial charge is 0.308 e. The molecule has 146 valence electrons. The lowest BCUT2D eigenvalue weighted by Gasteiger charge is -2.36. The topological polar surface area (TPSA) is 64.1 Å². The first-order chi connectivity index (χ1) is 13.6. The fourth-order valence-electron chi connectivity index (χ4n) is 3.97. The molecule has 2 fully saturated rings. The second-order valence-electron chi connectivity index (χ2n) is 7.51. The van der Waals surface area contributed by atoms with Gasteiger partial charge in [0.05, 0.1) is 5.92 Å². The Morgan fingerprint density at radius 2 is 1.57 bits per heavy atom. The number of hydrogen-bond acceptors (Lipinski definition) is 4. The molecule has 1 atom stereocenters. The SMILES string of the molecule is O=C(O)C1CC(=O)N(c2ccc(N3CCN(Cc4ccccc4)CC3)cc2)C1. The molecule has 6 nitrogen and oxygen atoms in total. The van der Waals surface area contributed by atoms with Gasteiger partial charge in [-0.1, -0.05) is 30.3 Å². The molecule has 1 unspecified atom stereocenters. The van der Waals surface area contributed by atoms with Crippen molar-refractivity contribution in [3.8, 4) is 0 Å². The van der Waals surface area contributed by atoms with Gasteiger partial charge in [0, 0.05) is 57.1 Å². The molecule has 0 radical (unpaired) electrons.